The van der Waals surface area contributed by atoms with Crippen LogP contribution < -0.4 is 0 Å². The minimum absolute atomic E-state index is 0.956. The summed E-state index contributed by atoms with van der Waals surface area (Å²) in [6.45, 7) is 10.7. The Bertz CT molecular complexity index is 344. The third-order valence-electron chi connectivity index (χ3n) is 1.41. The minimum atomic E-state index is -1.25. The Kier molecular flexibility index (Phi) is 3.13. The SMILES string of the molecule is C=C(C#C[Si](C)(C)C)c1cccs1. The van der Waals surface area contributed by atoms with E-state index in [1.807, 2.05) is 6.07 Å². The number of thiophene rings is 1. The van der Waals surface area contributed by atoms with Crippen LogP contribution in [0.3, 0.4) is 0 Å². The van der Waals surface area contributed by atoms with Gasteiger partial charge in [-0.15, -0.1) is 16.9 Å². The van der Waals surface area contributed by atoms with E-state index >= 15 is 0 Å². The maximum Gasteiger partial charge on any atom is 0.129 e. The van der Waals surface area contributed by atoms with Gasteiger partial charge in [0.05, 0.1) is 0 Å². The first-order valence-electron chi connectivity index (χ1n) is 4.25. The second-order valence-corrected chi connectivity index (χ2v) is 9.65. The van der Waals surface area contributed by atoms with E-state index in [1.165, 1.54) is 4.88 Å². The Morgan fingerprint density at radius 1 is 1.46 bits per heavy atom. The van der Waals surface area contributed by atoms with Crippen LogP contribution in [0.4, 0.5) is 0 Å². The molecule has 0 saturated carbocycles. The first kappa shape index (κ1) is 10.3. The monoisotopic (exact) mass is 206 g/mol. The lowest BCUT2D eigenvalue weighted by Crippen LogP contribution is -2.16. The zero-order valence-electron chi connectivity index (χ0n) is 8.35. The van der Waals surface area contributed by atoms with E-state index in [1.54, 1.807) is 11.3 Å². The molecule has 1 aromatic rings. The average molecular weight is 206 g/mol. The minimum Gasteiger partial charge on any atom is -0.143 e. The van der Waals surface area contributed by atoms with Gasteiger partial charge in [-0.25, -0.2) is 0 Å². The number of hydrogen-bond donors (Lipinski definition) is 0. The zero-order valence-corrected chi connectivity index (χ0v) is 10.2. The first-order valence-corrected chi connectivity index (χ1v) is 8.63. The maximum atomic E-state index is 3.96. The summed E-state index contributed by atoms with van der Waals surface area (Å²) >= 11 is 1.69. The van der Waals surface area contributed by atoms with Crippen LogP contribution in [0.25, 0.3) is 5.57 Å². The smallest absolute Gasteiger partial charge is 0.129 e. The molecule has 0 aliphatic heterocycles. The first-order chi connectivity index (χ1) is 5.99. The molecule has 2 heteroatoms. The molecule has 1 aromatic heterocycles. The Hall–Kier alpha value is -0.783. The summed E-state index contributed by atoms with van der Waals surface area (Å²) in [7, 11) is -1.25. The topological polar surface area (TPSA) is 0 Å². The molecule has 1 rings (SSSR count). The van der Waals surface area contributed by atoms with E-state index in [0.29, 0.717) is 0 Å². The molecule has 0 bridgehead atoms. The Morgan fingerprint density at radius 2 is 2.15 bits per heavy atom. The highest BCUT2D eigenvalue weighted by atomic mass is 32.1. The lowest BCUT2D eigenvalue weighted by atomic mass is 10.3. The number of allylic oxidation sites excluding steroid dienone is 1. The molecule has 0 radical (unpaired) electrons. The fraction of sp³-hybridized carbons (Fsp3) is 0.273. The van der Waals surface area contributed by atoms with Crippen LogP contribution in [-0.2, 0) is 0 Å². The predicted molar refractivity (Wildman–Crippen MR) is 64.5 cm³/mol. The van der Waals surface area contributed by atoms with E-state index in [9.17, 15) is 0 Å². The van der Waals surface area contributed by atoms with Crippen molar-refractivity contribution in [1.82, 2.24) is 0 Å². The lowest BCUT2D eigenvalue weighted by molar-refractivity contribution is 1.81. The molecule has 0 N–H and O–H groups in total. The summed E-state index contributed by atoms with van der Waals surface area (Å²) in [5.41, 5.74) is 4.26. The molecule has 0 atom stereocenters. The summed E-state index contributed by atoms with van der Waals surface area (Å²) in [5.74, 6) is 3.15. The summed E-state index contributed by atoms with van der Waals surface area (Å²) in [6.07, 6.45) is 0. The highest BCUT2D eigenvalue weighted by Gasteiger charge is 2.07. The average Bonchev–Trinajstić information content (AvgIpc) is 2.50. The van der Waals surface area contributed by atoms with Crippen LogP contribution in [0, 0.1) is 11.5 Å². The van der Waals surface area contributed by atoms with Crippen LogP contribution in [0.2, 0.25) is 19.6 Å². The molecule has 1 heterocycles. The highest BCUT2D eigenvalue weighted by molar-refractivity contribution is 7.11. The van der Waals surface area contributed by atoms with E-state index in [2.05, 4.69) is 49.1 Å². The second kappa shape index (κ2) is 3.95. The van der Waals surface area contributed by atoms with Crippen LogP contribution in [0.5, 0.6) is 0 Å². The van der Waals surface area contributed by atoms with Crippen molar-refractivity contribution in [3.8, 4) is 11.5 Å². The normalized spacial score (nSPS) is 10.4. The van der Waals surface area contributed by atoms with E-state index in [0.717, 1.165) is 5.57 Å². The molecule has 0 fully saturated rings. The standard InChI is InChI=1S/C11H14SSi/c1-10(7-9-13(2,3)4)11-6-5-8-12-11/h5-6,8H,1H2,2-4H3. The fourth-order valence-electron chi connectivity index (χ4n) is 0.775. The van der Waals surface area contributed by atoms with Crippen molar-refractivity contribution in [2.75, 3.05) is 0 Å². The molecule has 0 amide bonds. The van der Waals surface area contributed by atoms with Gasteiger partial charge in [-0.05, 0) is 11.4 Å². The molecule has 0 aliphatic rings. The van der Waals surface area contributed by atoms with Crippen molar-refractivity contribution in [3.63, 3.8) is 0 Å². The molecule has 0 aliphatic carbocycles. The Morgan fingerprint density at radius 3 is 2.62 bits per heavy atom. The van der Waals surface area contributed by atoms with Crippen molar-refractivity contribution in [3.05, 3.63) is 29.0 Å². The molecule has 0 spiro atoms. The van der Waals surface area contributed by atoms with Gasteiger partial charge in [0.25, 0.3) is 0 Å². The third-order valence-corrected chi connectivity index (χ3v) is 3.21. The molecule has 0 unspecified atom stereocenters. The largest absolute Gasteiger partial charge is 0.143 e. The van der Waals surface area contributed by atoms with Gasteiger partial charge in [0.15, 0.2) is 0 Å². The van der Waals surface area contributed by atoms with Crippen molar-refractivity contribution in [2.45, 2.75) is 19.6 Å². The summed E-state index contributed by atoms with van der Waals surface area (Å²) in [4.78, 5) is 1.19. The van der Waals surface area contributed by atoms with E-state index in [4.69, 9.17) is 0 Å². The lowest BCUT2D eigenvalue weighted by Gasteiger charge is -2.03. The van der Waals surface area contributed by atoms with E-state index in [-0.39, 0.29) is 0 Å². The second-order valence-electron chi connectivity index (χ2n) is 3.96. The van der Waals surface area contributed by atoms with Crippen molar-refractivity contribution < 1.29 is 0 Å². The molecule has 0 aromatic carbocycles. The van der Waals surface area contributed by atoms with Crippen molar-refractivity contribution >= 4 is 25.0 Å². The van der Waals surface area contributed by atoms with Gasteiger partial charge in [-0.3, -0.25) is 0 Å². The van der Waals surface area contributed by atoms with Crippen LogP contribution in [0.15, 0.2) is 24.1 Å². The maximum absolute atomic E-state index is 3.96. The molecular formula is C11H14SSi. The Balaban J connectivity index is 2.76. The van der Waals surface area contributed by atoms with E-state index < -0.39 is 8.07 Å². The summed E-state index contributed by atoms with van der Waals surface area (Å²) in [6, 6.07) is 4.09. The van der Waals surface area contributed by atoms with Gasteiger partial charge in [0.1, 0.15) is 8.07 Å². The Labute approximate surface area is 85.3 Å². The zero-order chi connectivity index (χ0) is 9.90. The number of rotatable bonds is 1. The fourth-order valence-corrected chi connectivity index (χ4v) is 1.95. The predicted octanol–water partition coefficient (Wildman–Crippen LogP) is 3.64. The quantitative estimate of drug-likeness (QED) is 0.486. The number of hydrogen-bond acceptors (Lipinski definition) is 1. The van der Waals surface area contributed by atoms with Gasteiger partial charge in [-0.2, -0.15) is 0 Å². The highest BCUT2D eigenvalue weighted by Crippen LogP contribution is 2.17. The summed E-state index contributed by atoms with van der Waals surface area (Å²) < 4.78 is 0. The van der Waals surface area contributed by atoms with Gasteiger partial charge in [0.2, 0.25) is 0 Å². The molecule has 0 saturated heterocycles. The molecule has 13 heavy (non-hydrogen) atoms. The molecular weight excluding hydrogens is 192 g/mol. The molecule has 0 nitrogen and oxygen atoms in total. The van der Waals surface area contributed by atoms with Gasteiger partial charge in [-0.1, -0.05) is 38.2 Å². The van der Waals surface area contributed by atoms with Crippen LogP contribution >= 0.6 is 11.3 Å². The van der Waals surface area contributed by atoms with Gasteiger partial charge < -0.3 is 0 Å². The third kappa shape index (κ3) is 3.62. The van der Waals surface area contributed by atoms with Crippen LogP contribution in [0.1, 0.15) is 4.88 Å². The van der Waals surface area contributed by atoms with Gasteiger partial charge in [0, 0.05) is 10.5 Å². The van der Waals surface area contributed by atoms with Crippen LogP contribution in [-0.4, -0.2) is 8.07 Å². The molecule has 68 valence electrons. The van der Waals surface area contributed by atoms with Gasteiger partial charge >= 0.3 is 0 Å². The van der Waals surface area contributed by atoms with Crippen molar-refractivity contribution in [1.29, 1.82) is 0 Å². The summed E-state index contributed by atoms with van der Waals surface area (Å²) in [5, 5.41) is 2.05. The van der Waals surface area contributed by atoms with Crippen molar-refractivity contribution in [2.24, 2.45) is 0 Å².